The summed E-state index contributed by atoms with van der Waals surface area (Å²) in [5, 5.41) is 3.67. The summed E-state index contributed by atoms with van der Waals surface area (Å²) < 4.78 is 28.5. The Morgan fingerprint density at radius 1 is 1.13 bits per heavy atom. The number of fused-ring (bicyclic) bond motifs is 2. The Labute approximate surface area is 225 Å². The first-order chi connectivity index (χ1) is 19.0. The van der Waals surface area contributed by atoms with Gasteiger partial charge in [0.1, 0.15) is 17.1 Å². The van der Waals surface area contributed by atoms with Gasteiger partial charge in [-0.25, -0.2) is 9.07 Å². The molecule has 10 heteroatoms. The molecule has 0 spiro atoms. The van der Waals surface area contributed by atoms with Crippen molar-refractivity contribution in [2.75, 3.05) is 19.5 Å². The minimum atomic E-state index is -0.426. The lowest BCUT2D eigenvalue weighted by molar-refractivity contribution is 0.112. The Morgan fingerprint density at radius 3 is 2.67 bits per heavy atom. The van der Waals surface area contributed by atoms with Gasteiger partial charge in [0.05, 0.1) is 18.3 Å². The Hall–Kier alpha value is -4.73. The van der Waals surface area contributed by atoms with Crippen LogP contribution in [0.15, 0.2) is 70.7 Å². The number of pyridine rings is 1. The zero-order valence-corrected chi connectivity index (χ0v) is 22.1. The average Bonchev–Trinajstić information content (AvgIpc) is 3.54. The van der Waals surface area contributed by atoms with Crippen molar-refractivity contribution in [1.29, 1.82) is 0 Å². The third-order valence-electron chi connectivity index (χ3n) is 6.24. The third kappa shape index (κ3) is 6.06. The van der Waals surface area contributed by atoms with E-state index in [9.17, 15) is 14.0 Å². The van der Waals surface area contributed by atoms with Crippen LogP contribution in [0.5, 0.6) is 17.2 Å². The summed E-state index contributed by atoms with van der Waals surface area (Å²) in [4.78, 5) is 31.1. The molecule has 5 rings (SSSR count). The maximum absolute atomic E-state index is 14.0. The molecule has 202 valence electrons. The van der Waals surface area contributed by atoms with Crippen molar-refractivity contribution in [3.8, 4) is 17.2 Å². The number of nitrogens with one attached hydrogen (secondary N) is 1. The molecule has 0 bridgehead atoms. The number of allylic oxidation sites excluding steroid dienone is 1. The highest BCUT2D eigenvalue weighted by Crippen LogP contribution is 2.32. The van der Waals surface area contributed by atoms with E-state index in [-0.39, 0.29) is 16.9 Å². The molecule has 4 aromatic rings. The van der Waals surface area contributed by atoms with Crippen molar-refractivity contribution >= 4 is 29.1 Å². The average molecular weight is 532 g/mol. The molecular formula is C29H30FN5O4. The lowest BCUT2D eigenvalue weighted by Gasteiger charge is -2.11. The summed E-state index contributed by atoms with van der Waals surface area (Å²) in [7, 11) is 3.33. The molecular weight excluding hydrogens is 501 g/mol. The molecule has 3 heterocycles. The molecule has 1 aliphatic rings. The topological polar surface area (TPSA) is 99.7 Å². The van der Waals surface area contributed by atoms with Crippen LogP contribution >= 0.6 is 0 Å². The van der Waals surface area contributed by atoms with Crippen LogP contribution in [-0.2, 0) is 19.5 Å². The zero-order chi connectivity index (χ0) is 27.8. The Morgan fingerprint density at radius 2 is 1.95 bits per heavy atom. The monoisotopic (exact) mass is 531 g/mol. The van der Waals surface area contributed by atoms with Crippen molar-refractivity contribution < 1.29 is 18.7 Å². The fraction of sp³-hybridized carbons (Fsp3) is 0.241. The lowest BCUT2D eigenvalue weighted by atomic mass is 10.2. The Bertz CT molecular complexity index is 1590. The number of anilines is 1. The van der Waals surface area contributed by atoms with Crippen LogP contribution < -0.4 is 20.3 Å². The minimum absolute atomic E-state index is 0.167. The van der Waals surface area contributed by atoms with Gasteiger partial charge >= 0.3 is 0 Å². The van der Waals surface area contributed by atoms with E-state index < -0.39 is 5.82 Å². The molecule has 1 aliphatic heterocycles. The van der Waals surface area contributed by atoms with Gasteiger partial charge in [-0.3, -0.25) is 24.2 Å². The first kappa shape index (κ1) is 27.3. The SMILES string of the molecule is CC=N/C=C\Cc1c(C=O)c(=O)n2n1CCC2.CNc1ccc(Oc2ccnc3cc(OC)ccc23)c(F)c1. The number of nitrogens with zero attached hydrogens (tertiary/aromatic N) is 4. The second kappa shape index (κ2) is 12.7. The molecule has 2 aromatic heterocycles. The number of methoxy groups -OCH3 is 1. The summed E-state index contributed by atoms with van der Waals surface area (Å²) in [6.07, 6.45) is 9.02. The molecule has 9 nitrogen and oxygen atoms in total. The molecule has 0 saturated carbocycles. The van der Waals surface area contributed by atoms with Gasteiger partial charge in [-0.15, -0.1) is 0 Å². The molecule has 0 amide bonds. The van der Waals surface area contributed by atoms with Crippen molar-refractivity contribution in [1.82, 2.24) is 14.3 Å². The highest BCUT2D eigenvalue weighted by atomic mass is 19.1. The molecule has 2 aromatic carbocycles. The van der Waals surface area contributed by atoms with Gasteiger partial charge in [0.15, 0.2) is 17.9 Å². The molecule has 0 radical (unpaired) electrons. The van der Waals surface area contributed by atoms with Gasteiger partial charge in [0, 0.05) is 68.4 Å². The molecule has 0 atom stereocenters. The van der Waals surface area contributed by atoms with Crippen LogP contribution in [0.3, 0.4) is 0 Å². The van der Waals surface area contributed by atoms with Gasteiger partial charge in [-0.2, -0.15) is 0 Å². The summed E-state index contributed by atoms with van der Waals surface area (Å²) in [5.74, 6) is 0.998. The quantitative estimate of drug-likeness (QED) is 0.247. The van der Waals surface area contributed by atoms with E-state index >= 15 is 0 Å². The summed E-state index contributed by atoms with van der Waals surface area (Å²) in [6.45, 7) is 3.35. The van der Waals surface area contributed by atoms with E-state index in [4.69, 9.17) is 9.47 Å². The van der Waals surface area contributed by atoms with Gasteiger partial charge < -0.3 is 14.8 Å². The Kier molecular flexibility index (Phi) is 8.88. The molecule has 0 unspecified atom stereocenters. The normalized spacial score (nSPS) is 12.4. The van der Waals surface area contributed by atoms with Crippen LogP contribution in [0, 0.1) is 5.82 Å². The molecule has 1 N–H and O–H groups in total. The van der Waals surface area contributed by atoms with E-state index in [1.165, 1.54) is 6.07 Å². The smallest absolute Gasteiger partial charge is 0.277 e. The van der Waals surface area contributed by atoms with Crippen LogP contribution in [0.1, 0.15) is 29.4 Å². The van der Waals surface area contributed by atoms with Crippen molar-refractivity contribution in [3.05, 3.63) is 88.4 Å². The van der Waals surface area contributed by atoms with Crippen LogP contribution in [0.4, 0.5) is 10.1 Å². The molecule has 0 fully saturated rings. The van der Waals surface area contributed by atoms with E-state index in [0.29, 0.717) is 36.4 Å². The number of hydrogen-bond acceptors (Lipinski definition) is 7. The van der Waals surface area contributed by atoms with E-state index in [2.05, 4.69) is 15.3 Å². The summed E-state index contributed by atoms with van der Waals surface area (Å²) in [6, 6.07) is 11.9. The highest BCUT2D eigenvalue weighted by Gasteiger charge is 2.21. The van der Waals surface area contributed by atoms with Crippen LogP contribution in [0.25, 0.3) is 10.9 Å². The first-order valence-corrected chi connectivity index (χ1v) is 12.5. The van der Waals surface area contributed by atoms with E-state index in [1.54, 1.807) is 55.6 Å². The maximum atomic E-state index is 14.0. The Balaban J connectivity index is 0.000000187. The molecule has 0 saturated heterocycles. The second-order valence-electron chi connectivity index (χ2n) is 8.57. The number of ether oxygens (including phenoxy) is 2. The van der Waals surface area contributed by atoms with E-state index in [1.807, 2.05) is 35.9 Å². The molecule has 39 heavy (non-hydrogen) atoms. The number of hydrogen-bond donors (Lipinski definition) is 1. The predicted octanol–water partition coefficient (Wildman–Crippen LogP) is 5.23. The van der Waals surface area contributed by atoms with Crippen LogP contribution in [-0.4, -0.2) is 41.0 Å². The van der Waals surface area contributed by atoms with Gasteiger partial charge in [0.2, 0.25) is 0 Å². The minimum Gasteiger partial charge on any atom is -0.497 e. The molecule has 0 aliphatic carbocycles. The predicted molar refractivity (Wildman–Crippen MR) is 150 cm³/mol. The first-order valence-electron chi connectivity index (χ1n) is 12.5. The number of benzene rings is 2. The third-order valence-corrected chi connectivity index (χ3v) is 6.24. The fourth-order valence-corrected chi connectivity index (χ4v) is 4.33. The number of halogens is 1. The van der Waals surface area contributed by atoms with Gasteiger partial charge in [-0.05, 0) is 43.7 Å². The van der Waals surface area contributed by atoms with Crippen LogP contribution in [0.2, 0.25) is 0 Å². The summed E-state index contributed by atoms with van der Waals surface area (Å²) >= 11 is 0. The second-order valence-corrected chi connectivity index (χ2v) is 8.57. The van der Waals surface area contributed by atoms with Crippen molar-refractivity contribution in [2.24, 2.45) is 4.99 Å². The number of carbonyl (C=O) groups excluding carboxylic acids is 1. The highest BCUT2D eigenvalue weighted by molar-refractivity contribution is 5.86. The fourth-order valence-electron chi connectivity index (χ4n) is 4.33. The van der Waals surface area contributed by atoms with E-state index in [0.717, 1.165) is 29.6 Å². The largest absolute Gasteiger partial charge is 0.497 e. The number of aliphatic imine (C=N–C) groups is 1. The zero-order valence-electron chi connectivity index (χ0n) is 22.1. The number of carbonyl (C=O) groups is 1. The maximum Gasteiger partial charge on any atom is 0.277 e. The standard InChI is InChI=1S/C17H15FN2O2.C12H15N3O2/c1-19-11-3-6-17(14(18)9-11)22-16-7-8-20-15-10-12(21-2)4-5-13(15)16;1-2-13-6-3-5-11-10(9-16)12(17)15-8-4-7-14(11)15/h3-10,19H,1-2H3;2-3,6,9H,4-5,7-8H2,1H3/b;6-3-,13-2?. The van der Waals surface area contributed by atoms with Gasteiger partial charge in [0.25, 0.3) is 5.56 Å². The number of aldehydes is 1. The number of aromatic nitrogens is 3. The lowest BCUT2D eigenvalue weighted by Crippen LogP contribution is -2.18. The number of rotatable bonds is 8. The summed E-state index contributed by atoms with van der Waals surface area (Å²) in [5.41, 5.74) is 2.33. The van der Waals surface area contributed by atoms with Gasteiger partial charge in [-0.1, -0.05) is 6.08 Å². The van der Waals surface area contributed by atoms with Crippen molar-refractivity contribution in [2.45, 2.75) is 32.9 Å². The van der Waals surface area contributed by atoms with Crippen molar-refractivity contribution in [3.63, 3.8) is 0 Å².